The van der Waals surface area contributed by atoms with E-state index < -0.39 is 0 Å². The highest BCUT2D eigenvalue weighted by Gasteiger charge is 2.18. The van der Waals surface area contributed by atoms with Gasteiger partial charge in [0.15, 0.2) is 0 Å². The highest BCUT2D eigenvalue weighted by atomic mass is 35.5. The summed E-state index contributed by atoms with van der Waals surface area (Å²) >= 11 is 12.0. The van der Waals surface area contributed by atoms with Crippen LogP contribution in [0.1, 0.15) is 31.7 Å². The number of hydrogen-bond donors (Lipinski definition) is 2. The SMILES string of the molecule is CC(Cc1ccc(Cl)cc1Cl)NC(=O)CC1CCNCC1.Cl. The second kappa shape index (κ2) is 9.61. The number of piperidine rings is 1. The molecule has 1 amide bonds. The van der Waals surface area contributed by atoms with Gasteiger partial charge in [0, 0.05) is 22.5 Å². The van der Waals surface area contributed by atoms with Crippen LogP contribution in [0.2, 0.25) is 10.0 Å². The van der Waals surface area contributed by atoms with Crippen LogP contribution in [0.4, 0.5) is 0 Å². The van der Waals surface area contributed by atoms with E-state index in [-0.39, 0.29) is 24.4 Å². The Balaban J connectivity index is 0.00000242. The topological polar surface area (TPSA) is 41.1 Å². The Morgan fingerprint density at radius 1 is 1.36 bits per heavy atom. The second-order valence-corrected chi connectivity index (χ2v) is 6.65. The maximum atomic E-state index is 12.1. The van der Waals surface area contributed by atoms with E-state index in [1.54, 1.807) is 6.07 Å². The molecule has 22 heavy (non-hydrogen) atoms. The summed E-state index contributed by atoms with van der Waals surface area (Å²) in [6, 6.07) is 5.55. The van der Waals surface area contributed by atoms with Crippen LogP contribution in [-0.4, -0.2) is 25.0 Å². The summed E-state index contributed by atoms with van der Waals surface area (Å²) in [5.41, 5.74) is 1.01. The highest BCUT2D eigenvalue weighted by molar-refractivity contribution is 6.35. The van der Waals surface area contributed by atoms with Gasteiger partial charge in [0.25, 0.3) is 0 Å². The first-order valence-electron chi connectivity index (χ1n) is 7.48. The Morgan fingerprint density at radius 2 is 2.05 bits per heavy atom. The van der Waals surface area contributed by atoms with Crippen molar-refractivity contribution in [3.05, 3.63) is 33.8 Å². The minimum atomic E-state index is 0. The Hall–Kier alpha value is -0.480. The van der Waals surface area contributed by atoms with Gasteiger partial charge in [-0.25, -0.2) is 0 Å². The van der Waals surface area contributed by atoms with Gasteiger partial charge in [0.2, 0.25) is 5.91 Å². The third-order valence-corrected chi connectivity index (χ3v) is 4.47. The summed E-state index contributed by atoms with van der Waals surface area (Å²) in [5, 5.41) is 7.67. The molecule has 1 heterocycles. The van der Waals surface area contributed by atoms with Gasteiger partial charge in [-0.05, 0) is 62.9 Å². The van der Waals surface area contributed by atoms with Gasteiger partial charge in [-0.2, -0.15) is 0 Å². The molecule has 1 aliphatic rings. The van der Waals surface area contributed by atoms with Crippen molar-refractivity contribution in [3.63, 3.8) is 0 Å². The minimum Gasteiger partial charge on any atom is -0.353 e. The van der Waals surface area contributed by atoms with Crippen LogP contribution in [0.5, 0.6) is 0 Å². The average molecular weight is 366 g/mol. The van der Waals surface area contributed by atoms with E-state index in [1.165, 1.54) is 0 Å². The lowest BCUT2D eigenvalue weighted by Gasteiger charge is -2.23. The van der Waals surface area contributed by atoms with Crippen molar-refractivity contribution in [2.45, 2.75) is 38.6 Å². The second-order valence-electron chi connectivity index (χ2n) is 5.81. The van der Waals surface area contributed by atoms with Crippen molar-refractivity contribution >= 4 is 41.5 Å². The van der Waals surface area contributed by atoms with Crippen molar-refractivity contribution in [3.8, 4) is 0 Å². The predicted octanol–water partition coefficient (Wildman–Crippen LogP) is 3.85. The summed E-state index contributed by atoms with van der Waals surface area (Å²) in [4.78, 5) is 12.1. The molecule has 3 nitrogen and oxygen atoms in total. The van der Waals surface area contributed by atoms with Crippen molar-refractivity contribution in [1.29, 1.82) is 0 Å². The van der Waals surface area contributed by atoms with Crippen molar-refractivity contribution in [1.82, 2.24) is 10.6 Å². The van der Waals surface area contributed by atoms with Gasteiger partial charge in [-0.3, -0.25) is 4.79 Å². The zero-order chi connectivity index (χ0) is 15.2. The lowest BCUT2D eigenvalue weighted by Crippen LogP contribution is -2.37. The molecule has 0 radical (unpaired) electrons. The zero-order valence-electron chi connectivity index (χ0n) is 12.7. The fourth-order valence-corrected chi connectivity index (χ4v) is 3.24. The molecule has 1 fully saturated rings. The van der Waals surface area contributed by atoms with Crippen LogP contribution in [0.25, 0.3) is 0 Å². The lowest BCUT2D eigenvalue weighted by atomic mass is 9.94. The number of hydrogen-bond acceptors (Lipinski definition) is 2. The highest BCUT2D eigenvalue weighted by Crippen LogP contribution is 2.22. The van der Waals surface area contributed by atoms with Crippen LogP contribution in [-0.2, 0) is 11.2 Å². The van der Waals surface area contributed by atoms with Crippen LogP contribution >= 0.6 is 35.6 Å². The molecule has 1 aromatic rings. The summed E-state index contributed by atoms with van der Waals surface area (Å²) in [5.74, 6) is 0.650. The molecule has 6 heteroatoms. The van der Waals surface area contributed by atoms with Crippen LogP contribution in [0.15, 0.2) is 18.2 Å². The number of carbonyl (C=O) groups is 1. The van der Waals surface area contributed by atoms with Gasteiger partial charge in [0.1, 0.15) is 0 Å². The Morgan fingerprint density at radius 3 is 2.68 bits per heavy atom. The van der Waals surface area contributed by atoms with Gasteiger partial charge >= 0.3 is 0 Å². The maximum absolute atomic E-state index is 12.1. The largest absolute Gasteiger partial charge is 0.353 e. The molecule has 2 rings (SSSR count). The first kappa shape index (κ1) is 19.6. The first-order chi connectivity index (χ1) is 10.0. The van der Waals surface area contributed by atoms with E-state index in [9.17, 15) is 4.79 Å². The number of nitrogens with one attached hydrogen (secondary N) is 2. The van der Waals surface area contributed by atoms with Gasteiger partial charge in [-0.15, -0.1) is 12.4 Å². The van der Waals surface area contributed by atoms with Crippen molar-refractivity contribution < 1.29 is 4.79 Å². The third kappa shape index (κ3) is 6.33. The third-order valence-electron chi connectivity index (χ3n) is 3.88. The molecule has 124 valence electrons. The number of halogens is 3. The van der Waals surface area contributed by atoms with Crippen LogP contribution in [0, 0.1) is 5.92 Å². The first-order valence-corrected chi connectivity index (χ1v) is 8.24. The van der Waals surface area contributed by atoms with E-state index in [1.807, 2.05) is 19.1 Å². The average Bonchev–Trinajstić information content (AvgIpc) is 2.43. The van der Waals surface area contributed by atoms with E-state index >= 15 is 0 Å². The van der Waals surface area contributed by atoms with E-state index in [2.05, 4.69) is 10.6 Å². The molecule has 0 spiro atoms. The molecular formula is C16H23Cl3N2O. The Labute approximate surface area is 148 Å². The quantitative estimate of drug-likeness (QED) is 0.832. The number of amides is 1. The number of rotatable bonds is 5. The molecule has 1 unspecified atom stereocenters. The molecule has 2 N–H and O–H groups in total. The van der Waals surface area contributed by atoms with Crippen molar-refractivity contribution in [2.24, 2.45) is 5.92 Å². The van der Waals surface area contributed by atoms with Gasteiger partial charge in [0.05, 0.1) is 0 Å². The molecule has 1 aliphatic heterocycles. The summed E-state index contributed by atoms with van der Waals surface area (Å²) in [6.07, 6.45) is 3.52. The normalized spacial score (nSPS) is 16.7. The van der Waals surface area contributed by atoms with E-state index in [4.69, 9.17) is 23.2 Å². The Bertz CT molecular complexity index is 490. The van der Waals surface area contributed by atoms with Gasteiger partial charge < -0.3 is 10.6 Å². The summed E-state index contributed by atoms with van der Waals surface area (Å²) in [6.45, 7) is 4.05. The lowest BCUT2D eigenvalue weighted by molar-refractivity contribution is -0.122. The standard InChI is InChI=1S/C16H22Cl2N2O.ClH/c1-11(8-13-2-3-14(17)10-15(13)18)20-16(21)9-12-4-6-19-7-5-12;/h2-3,10-12,19H,4-9H2,1H3,(H,20,21);1H. The monoisotopic (exact) mass is 364 g/mol. The molecule has 1 atom stereocenters. The Kier molecular flexibility index (Phi) is 8.55. The van der Waals surface area contributed by atoms with E-state index in [0.29, 0.717) is 28.8 Å². The van der Waals surface area contributed by atoms with Crippen LogP contribution < -0.4 is 10.6 Å². The zero-order valence-corrected chi connectivity index (χ0v) is 15.0. The summed E-state index contributed by atoms with van der Waals surface area (Å²) < 4.78 is 0. The van der Waals surface area contributed by atoms with Crippen molar-refractivity contribution in [2.75, 3.05) is 13.1 Å². The predicted molar refractivity (Wildman–Crippen MR) is 95.2 cm³/mol. The van der Waals surface area contributed by atoms with Gasteiger partial charge in [-0.1, -0.05) is 29.3 Å². The fourth-order valence-electron chi connectivity index (χ4n) is 2.75. The van der Waals surface area contributed by atoms with E-state index in [0.717, 1.165) is 31.5 Å². The fraction of sp³-hybridized carbons (Fsp3) is 0.562. The molecular weight excluding hydrogens is 343 g/mol. The number of carbonyl (C=O) groups excluding carboxylic acids is 1. The molecule has 0 saturated carbocycles. The molecule has 1 saturated heterocycles. The number of benzene rings is 1. The molecule has 0 bridgehead atoms. The molecule has 1 aromatic carbocycles. The molecule has 0 aliphatic carbocycles. The van der Waals surface area contributed by atoms with Crippen LogP contribution in [0.3, 0.4) is 0 Å². The summed E-state index contributed by atoms with van der Waals surface area (Å²) in [7, 11) is 0. The maximum Gasteiger partial charge on any atom is 0.220 e. The molecule has 0 aromatic heterocycles. The smallest absolute Gasteiger partial charge is 0.220 e. The minimum absolute atomic E-state index is 0.